The molecule has 0 unspecified atom stereocenters. The van der Waals surface area contributed by atoms with Gasteiger partial charge in [0.05, 0.1) is 12.1 Å². The Morgan fingerprint density at radius 2 is 2.22 bits per heavy atom. The van der Waals surface area contributed by atoms with Gasteiger partial charge in [0.15, 0.2) is 5.58 Å². The maximum Gasteiger partial charge on any atom is 0.230 e. The highest BCUT2D eigenvalue weighted by Gasteiger charge is 2.12. The van der Waals surface area contributed by atoms with Crippen molar-refractivity contribution >= 4 is 33.9 Å². The van der Waals surface area contributed by atoms with Crippen molar-refractivity contribution in [2.45, 2.75) is 6.42 Å². The average molecular weight is 258 g/mol. The highest BCUT2D eigenvalue weighted by atomic mass is 32.1. The van der Waals surface area contributed by atoms with Crippen LogP contribution in [0, 0.1) is 0 Å². The van der Waals surface area contributed by atoms with Crippen LogP contribution >= 0.6 is 11.3 Å². The molecule has 0 aliphatic rings. The highest BCUT2D eigenvalue weighted by molar-refractivity contribution is 7.08. The van der Waals surface area contributed by atoms with E-state index in [-0.39, 0.29) is 12.3 Å². The molecule has 0 aliphatic heterocycles. The summed E-state index contributed by atoms with van der Waals surface area (Å²) in [6.45, 7) is 0. The summed E-state index contributed by atoms with van der Waals surface area (Å²) in [5.74, 6) is -0.0903. The number of anilines is 1. The molecular weight excluding hydrogens is 248 g/mol. The van der Waals surface area contributed by atoms with Crippen LogP contribution in [-0.2, 0) is 11.2 Å². The molecule has 0 fully saturated rings. The molecule has 2 aromatic heterocycles. The zero-order chi connectivity index (χ0) is 12.4. The molecule has 0 aliphatic carbocycles. The summed E-state index contributed by atoms with van der Waals surface area (Å²) in [5.41, 5.74) is 2.19. The van der Waals surface area contributed by atoms with Crippen molar-refractivity contribution in [3.8, 4) is 0 Å². The minimum absolute atomic E-state index is 0.0903. The maximum absolute atomic E-state index is 11.8. The summed E-state index contributed by atoms with van der Waals surface area (Å²) in [6, 6.07) is 9.38. The summed E-state index contributed by atoms with van der Waals surface area (Å²) in [5, 5.41) is 11.4. The van der Waals surface area contributed by atoms with Gasteiger partial charge in [-0.25, -0.2) is 0 Å². The second-order valence-electron chi connectivity index (χ2n) is 3.86. The van der Waals surface area contributed by atoms with Gasteiger partial charge in [0.2, 0.25) is 5.91 Å². The Balaban J connectivity index is 1.78. The molecule has 3 aromatic rings. The lowest BCUT2D eigenvalue weighted by Gasteiger charge is -2.00. The normalized spacial score (nSPS) is 10.7. The Morgan fingerprint density at radius 3 is 3.06 bits per heavy atom. The molecule has 90 valence electrons. The topological polar surface area (TPSA) is 55.1 Å². The molecule has 1 amide bonds. The Bertz CT molecular complexity index is 673. The number of hydrogen-bond donors (Lipinski definition) is 1. The smallest absolute Gasteiger partial charge is 0.230 e. The number of hydrogen-bond acceptors (Lipinski definition) is 4. The molecule has 1 aromatic carbocycles. The Labute approximate surface area is 107 Å². The lowest BCUT2D eigenvalue weighted by atomic mass is 10.1. The van der Waals surface area contributed by atoms with Crippen molar-refractivity contribution in [1.29, 1.82) is 0 Å². The molecule has 4 nitrogen and oxygen atoms in total. The van der Waals surface area contributed by atoms with Crippen LogP contribution in [0.25, 0.3) is 11.0 Å². The largest absolute Gasteiger partial charge is 0.356 e. The number of benzene rings is 1. The Hall–Kier alpha value is -2.14. The van der Waals surface area contributed by atoms with Crippen LogP contribution in [0.1, 0.15) is 5.69 Å². The van der Waals surface area contributed by atoms with E-state index in [1.165, 1.54) is 0 Å². The second kappa shape index (κ2) is 4.62. The highest BCUT2D eigenvalue weighted by Crippen LogP contribution is 2.19. The maximum atomic E-state index is 11.8. The number of fused-ring (bicyclic) bond motifs is 1. The third kappa shape index (κ3) is 2.12. The predicted molar refractivity (Wildman–Crippen MR) is 70.7 cm³/mol. The first-order valence-electron chi connectivity index (χ1n) is 5.48. The Kier molecular flexibility index (Phi) is 2.82. The summed E-state index contributed by atoms with van der Waals surface area (Å²) >= 11 is 1.54. The van der Waals surface area contributed by atoms with Crippen molar-refractivity contribution < 1.29 is 9.32 Å². The van der Waals surface area contributed by atoms with Crippen LogP contribution in [-0.4, -0.2) is 11.1 Å². The lowest BCUT2D eigenvalue weighted by molar-refractivity contribution is -0.115. The second-order valence-corrected chi connectivity index (χ2v) is 4.64. The number of nitrogens with zero attached hydrogens (tertiary/aromatic N) is 1. The van der Waals surface area contributed by atoms with Gasteiger partial charge in [-0.1, -0.05) is 17.3 Å². The first-order chi connectivity index (χ1) is 8.83. The fourth-order valence-electron chi connectivity index (χ4n) is 1.76. The quantitative estimate of drug-likeness (QED) is 0.785. The van der Waals surface area contributed by atoms with E-state index in [1.807, 2.05) is 41.1 Å². The van der Waals surface area contributed by atoms with E-state index < -0.39 is 0 Å². The number of thiophene rings is 1. The number of rotatable bonds is 3. The van der Waals surface area contributed by atoms with E-state index in [1.54, 1.807) is 11.3 Å². The van der Waals surface area contributed by atoms with E-state index in [2.05, 4.69) is 10.5 Å². The molecule has 1 N–H and O–H groups in total. The van der Waals surface area contributed by atoms with Gasteiger partial charge in [0.25, 0.3) is 0 Å². The molecule has 0 spiro atoms. The van der Waals surface area contributed by atoms with E-state index in [0.29, 0.717) is 11.3 Å². The van der Waals surface area contributed by atoms with Crippen molar-refractivity contribution in [3.05, 3.63) is 46.8 Å². The average Bonchev–Trinajstić information content (AvgIpc) is 3.00. The fraction of sp³-hybridized carbons (Fsp3) is 0.0769. The SMILES string of the molecule is O=C(Cc1noc2ccccc12)Nc1ccsc1. The first kappa shape index (κ1) is 11.0. The standard InChI is InChI=1S/C13H10N2O2S/c16-13(14-9-5-6-18-8-9)7-11-10-3-1-2-4-12(10)17-15-11/h1-6,8H,7H2,(H,14,16). The zero-order valence-corrected chi connectivity index (χ0v) is 10.2. The molecule has 0 bridgehead atoms. The summed E-state index contributed by atoms with van der Waals surface area (Å²) in [4.78, 5) is 11.8. The van der Waals surface area contributed by atoms with Gasteiger partial charge in [0.1, 0.15) is 5.69 Å². The number of carbonyl (C=O) groups is 1. The molecule has 0 saturated heterocycles. The van der Waals surface area contributed by atoms with E-state index >= 15 is 0 Å². The molecule has 0 radical (unpaired) electrons. The fourth-order valence-corrected chi connectivity index (χ4v) is 2.35. The summed E-state index contributed by atoms with van der Waals surface area (Å²) in [6.07, 6.45) is 0.215. The van der Waals surface area contributed by atoms with Crippen LogP contribution in [0.5, 0.6) is 0 Å². The molecule has 0 saturated carbocycles. The number of aromatic nitrogens is 1. The summed E-state index contributed by atoms with van der Waals surface area (Å²) < 4.78 is 5.16. The van der Waals surface area contributed by atoms with Gasteiger partial charge in [-0.15, -0.1) is 0 Å². The molecule has 3 rings (SSSR count). The number of carbonyl (C=O) groups excluding carboxylic acids is 1. The molecule has 2 heterocycles. The van der Waals surface area contributed by atoms with Gasteiger partial charge in [-0.05, 0) is 23.6 Å². The van der Waals surface area contributed by atoms with Crippen molar-refractivity contribution in [2.24, 2.45) is 0 Å². The van der Waals surface area contributed by atoms with Crippen LogP contribution in [0.4, 0.5) is 5.69 Å². The minimum atomic E-state index is -0.0903. The lowest BCUT2D eigenvalue weighted by Crippen LogP contribution is -2.14. The molecule has 5 heteroatoms. The zero-order valence-electron chi connectivity index (χ0n) is 9.42. The molecular formula is C13H10N2O2S. The van der Waals surface area contributed by atoms with Gasteiger partial charge >= 0.3 is 0 Å². The third-order valence-electron chi connectivity index (χ3n) is 2.59. The third-order valence-corrected chi connectivity index (χ3v) is 3.27. The monoisotopic (exact) mass is 258 g/mol. The van der Waals surface area contributed by atoms with Crippen molar-refractivity contribution in [1.82, 2.24) is 5.16 Å². The van der Waals surface area contributed by atoms with E-state index in [9.17, 15) is 4.79 Å². The van der Waals surface area contributed by atoms with Crippen molar-refractivity contribution in [2.75, 3.05) is 5.32 Å². The summed E-state index contributed by atoms with van der Waals surface area (Å²) in [7, 11) is 0. The van der Waals surface area contributed by atoms with Crippen LogP contribution < -0.4 is 5.32 Å². The van der Waals surface area contributed by atoms with Crippen LogP contribution in [0.15, 0.2) is 45.6 Å². The van der Waals surface area contributed by atoms with Gasteiger partial charge in [-0.3, -0.25) is 4.79 Å². The van der Waals surface area contributed by atoms with Gasteiger partial charge < -0.3 is 9.84 Å². The van der Waals surface area contributed by atoms with Crippen molar-refractivity contribution in [3.63, 3.8) is 0 Å². The van der Waals surface area contributed by atoms with Gasteiger partial charge in [-0.2, -0.15) is 11.3 Å². The van der Waals surface area contributed by atoms with E-state index in [0.717, 1.165) is 11.1 Å². The molecule has 0 atom stereocenters. The Morgan fingerprint density at radius 1 is 1.33 bits per heavy atom. The van der Waals surface area contributed by atoms with Crippen LogP contribution in [0.2, 0.25) is 0 Å². The number of para-hydroxylation sites is 1. The van der Waals surface area contributed by atoms with Crippen LogP contribution in [0.3, 0.4) is 0 Å². The number of nitrogens with one attached hydrogen (secondary N) is 1. The molecule has 18 heavy (non-hydrogen) atoms. The van der Waals surface area contributed by atoms with Gasteiger partial charge in [0, 0.05) is 10.8 Å². The minimum Gasteiger partial charge on any atom is -0.356 e. The predicted octanol–water partition coefficient (Wildman–Crippen LogP) is 3.07. The first-order valence-corrected chi connectivity index (χ1v) is 6.42. The number of amides is 1. The van der Waals surface area contributed by atoms with E-state index in [4.69, 9.17) is 4.52 Å².